The maximum atomic E-state index is 9.20. The monoisotopic (exact) mass is 323 g/mol. The fraction of sp³-hybridized carbons (Fsp3) is 0. The van der Waals surface area contributed by atoms with Crippen LogP contribution >= 0.6 is 0 Å². The first-order valence-electron chi connectivity index (χ1n) is 7.82. The van der Waals surface area contributed by atoms with Crippen LogP contribution in [0.5, 0.6) is 0 Å². The number of nitrogens with two attached hydrogens (primary N) is 1. The van der Waals surface area contributed by atoms with Crippen LogP contribution in [0.1, 0.15) is 22.3 Å². The molecule has 0 heterocycles. The molecule has 3 N–H and O–H groups in total. The Labute approximate surface area is 147 Å². The van der Waals surface area contributed by atoms with Crippen molar-refractivity contribution in [3.05, 3.63) is 101 Å². The maximum Gasteiger partial charge on any atom is 0.0991 e. The van der Waals surface area contributed by atoms with Crippen molar-refractivity contribution in [2.45, 2.75) is 0 Å². The number of nitrogens with one attached hydrogen (secondary N) is 1. The van der Waals surface area contributed by atoms with Crippen molar-refractivity contribution < 1.29 is 0 Å². The van der Waals surface area contributed by atoms with E-state index in [2.05, 4.69) is 12.6 Å². The van der Waals surface area contributed by atoms with E-state index in [1.165, 1.54) is 6.21 Å². The van der Waals surface area contributed by atoms with Gasteiger partial charge in [0.05, 0.1) is 11.6 Å². The molecule has 0 atom stereocenters. The fourth-order valence-electron chi connectivity index (χ4n) is 2.78. The Balaban J connectivity index is 2.18. The van der Waals surface area contributed by atoms with Crippen molar-refractivity contribution in [3.63, 3.8) is 0 Å². The van der Waals surface area contributed by atoms with Crippen LogP contribution in [0.4, 0.5) is 5.69 Å². The molecule has 1 aliphatic carbocycles. The molecule has 2 aromatic carbocycles. The third-order valence-corrected chi connectivity index (χ3v) is 4.05. The minimum absolute atomic E-state index is 0.574. The zero-order valence-electron chi connectivity index (χ0n) is 13.7. The predicted octanol–water partition coefficient (Wildman–Crippen LogP) is 4.73. The van der Waals surface area contributed by atoms with Gasteiger partial charge >= 0.3 is 0 Å². The standard InChI is InChI=1S/C22H17N3/c1-15-4-2-7-20(18-8-9-22(25)19(12-18)14-24)21(10-15)17-6-3-5-16(11-17)13-23/h2-12,14,24H,1,25H2. The smallest absolute Gasteiger partial charge is 0.0991 e. The Morgan fingerprint density at radius 2 is 1.88 bits per heavy atom. The number of nitrogen functional groups attached to an aromatic ring is 1. The highest BCUT2D eigenvalue weighted by Crippen LogP contribution is 2.35. The quantitative estimate of drug-likeness (QED) is 0.633. The van der Waals surface area contributed by atoms with E-state index in [0.29, 0.717) is 16.8 Å². The molecule has 2 aromatic rings. The van der Waals surface area contributed by atoms with Crippen molar-refractivity contribution in [2.24, 2.45) is 0 Å². The lowest BCUT2D eigenvalue weighted by Gasteiger charge is -2.14. The summed E-state index contributed by atoms with van der Waals surface area (Å²) in [5.41, 5.74) is 12.5. The van der Waals surface area contributed by atoms with E-state index in [4.69, 9.17) is 11.1 Å². The number of nitriles is 1. The normalized spacial score (nSPS) is 13.5. The molecule has 3 heteroatoms. The van der Waals surface area contributed by atoms with E-state index in [9.17, 15) is 5.26 Å². The van der Waals surface area contributed by atoms with Crippen LogP contribution in [-0.2, 0) is 0 Å². The van der Waals surface area contributed by atoms with Crippen molar-refractivity contribution >= 4 is 23.0 Å². The second kappa shape index (κ2) is 6.86. The van der Waals surface area contributed by atoms with Crippen LogP contribution in [0.2, 0.25) is 0 Å². The average molecular weight is 323 g/mol. The van der Waals surface area contributed by atoms with Gasteiger partial charge in [-0.1, -0.05) is 43.0 Å². The van der Waals surface area contributed by atoms with Crippen LogP contribution in [0.15, 0.2) is 78.9 Å². The van der Waals surface area contributed by atoms with Crippen LogP contribution in [0.25, 0.3) is 11.1 Å². The third kappa shape index (κ3) is 3.34. The summed E-state index contributed by atoms with van der Waals surface area (Å²) in [4.78, 5) is 0. The Hall–Kier alpha value is -3.64. The van der Waals surface area contributed by atoms with Gasteiger partial charge in [-0.05, 0) is 58.2 Å². The van der Waals surface area contributed by atoms with Gasteiger partial charge in [0, 0.05) is 17.5 Å². The van der Waals surface area contributed by atoms with Gasteiger partial charge < -0.3 is 11.1 Å². The van der Waals surface area contributed by atoms with Gasteiger partial charge in [-0.25, -0.2) is 0 Å². The number of anilines is 1. The summed E-state index contributed by atoms with van der Waals surface area (Å²) >= 11 is 0. The predicted molar refractivity (Wildman–Crippen MR) is 104 cm³/mol. The van der Waals surface area contributed by atoms with Gasteiger partial charge in [0.25, 0.3) is 0 Å². The lowest BCUT2D eigenvalue weighted by atomic mass is 9.90. The van der Waals surface area contributed by atoms with Crippen LogP contribution < -0.4 is 5.73 Å². The van der Waals surface area contributed by atoms with Crippen LogP contribution in [0.3, 0.4) is 0 Å². The van der Waals surface area contributed by atoms with Crippen molar-refractivity contribution in [1.29, 1.82) is 10.7 Å². The third-order valence-electron chi connectivity index (χ3n) is 4.05. The van der Waals surface area contributed by atoms with Crippen LogP contribution in [0, 0.1) is 16.7 Å². The molecule has 0 amide bonds. The molecule has 25 heavy (non-hydrogen) atoms. The van der Waals surface area contributed by atoms with Gasteiger partial charge in [0.1, 0.15) is 0 Å². The summed E-state index contributed by atoms with van der Waals surface area (Å²) in [5, 5.41) is 16.7. The molecule has 3 rings (SSSR count). The Morgan fingerprint density at radius 3 is 2.64 bits per heavy atom. The highest BCUT2D eigenvalue weighted by Gasteiger charge is 2.14. The number of allylic oxidation sites excluding steroid dienone is 7. The molecule has 0 aliphatic heterocycles. The molecule has 0 saturated heterocycles. The van der Waals surface area contributed by atoms with Gasteiger partial charge in [-0.15, -0.1) is 0 Å². The minimum atomic E-state index is 0.574. The molecule has 0 aromatic heterocycles. The lowest BCUT2D eigenvalue weighted by molar-refractivity contribution is 1.47. The molecule has 0 saturated carbocycles. The molecular weight excluding hydrogens is 306 g/mol. The summed E-state index contributed by atoms with van der Waals surface area (Å²) < 4.78 is 0. The van der Waals surface area contributed by atoms with Crippen molar-refractivity contribution in [3.8, 4) is 6.07 Å². The first kappa shape index (κ1) is 16.2. The highest BCUT2D eigenvalue weighted by atomic mass is 14.6. The molecular formula is C22H17N3. The van der Waals surface area contributed by atoms with E-state index in [-0.39, 0.29) is 0 Å². The molecule has 0 bridgehead atoms. The molecule has 0 spiro atoms. The Kier molecular flexibility index (Phi) is 4.45. The lowest BCUT2D eigenvalue weighted by Crippen LogP contribution is -1.97. The molecule has 0 unspecified atom stereocenters. The van der Waals surface area contributed by atoms with Gasteiger partial charge in [-0.3, -0.25) is 0 Å². The fourth-order valence-corrected chi connectivity index (χ4v) is 2.78. The number of hydrogen-bond acceptors (Lipinski definition) is 3. The van der Waals surface area contributed by atoms with Gasteiger partial charge in [0.2, 0.25) is 0 Å². The second-order valence-corrected chi connectivity index (χ2v) is 5.75. The zero-order chi connectivity index (χ0) is 17.8. The summed E-state index contributed by atoms with van der Waals surface area (Å²) in [6.07, 6.45) is 9.17. The van der Waals surface area contributed by atoms with E-state index in [0.717, 1.165) is 27.8 Å². The van der Waals surface area contributed by atoms with Gasteiger partial charge in [-0.2, -0.15) is 5.26 Å². The average Bonchev–Trinajstić information content (AvgIpc) is 2.84. The van der Waals surface area contributed by atoms with Gasteiger partial charge in [0.15, 0.2) is 0 Å². The summed E-state index contributed by atoms with van der Waals surface area (Å²) in [6.45, 7) is 4.05. The highest BCUT2D eigenvalue weighted by molar-refractivity contribution is 6.07. The molecule has 0 fully saturated rings. The Morgan fingerprint density at radius 1 is 1.08 bits per heavy atom. The van der Waals surface area contributed by atoms with E-state index in [1.54, 1.807) is 6.07 Å². The number of hydrogen-bond donors (Lipinski definition) is 2. The van der Waals surface area contributed by atoms with E-state index >= 15 is 0 Å². The minimum Gasteiger partial charge on any atom is -0.398 e. The Bertz CT molecular complexity index is 998. The summed E-state index contributed by atoms with van der Waals surface area (Å²) in [6, 6.07) is 15.3. The van der Waals surface area contributed by atoms with Crippen LogP contribution in [-0.4, -0.2) is 6.21 Å². The number of rotatable bonds is 3. The number of nitrogens with zero attached hydrogens (tertiary/aromatic N) is 1. The van der Waals surface area contributed by atoms with Crippen molar-refractivity contribution in [1.82, 2.24) is 0 Å². The molecule has 1 aliphatic rings. The molecule has 3 nitrogen and oxygen atoms in total. The second-order valence-electron chi connectivity index (χ2n) is 5.75. The zero-order valence-corrected chi connectivity index (χ0v) is 13.7. The SMILES string of the molecule is C=C1C=CC=C(c2ccc(N)c(C=N)c2)C(c2cccc(C#N)c2)=C1. The molecule has 0 radical (unpaired) electrons. The first-order valence-corrected chi connectivity index (χ1v) is 7.82. The van der Waals surface area contributed by atoms with Crippen molar-refractivity contribution in [2.75, 3.05) is 5.73 Å². The number of benzene rings is 2. The maximum absolute atomic E-state index is 9.20. The topological polar surface area (TPSA) is 73.7 Å². The molecule has 120 valence electrons. The first-order chi connectivity index (χ1) is 12.1. The van der Waals surface area contributed by atoms with E-state index < -0.39 is 0 Å². The van der Waals surface area contributed by atoms with E-state index in [1.807, 2.05) is 60.7 Å². The summed E-state index contributed by atoms with van der Waals surface area (Å²) in [7, 11) is 0. The summed E-state index contributed by atoms with van der Waals surface area (Å²) in [5.74, 6) is 0. The largest absolute Gasteiger partial charge is 0.398 e.